The quantitative estimate of drug-likeness (QED) is 0.229. The second-order valence-electron chi connectivity index (χ2n) is 9.95. The van der Waals surface area contributed by atoms with E-state index in [9.17, 15) is 0 Å². The van der Waals surface area contributed by atoms with Crippen LogP contribution < -0.4 is 0 Å². The SMILES string of the molecule is c1ccc(-c2ccc3cc(-c4nc(-c5ccccc5)nc(-c5cccc6oc7ccccc7c56)n4)ncc3c2)cc1. The van der Waals surface area contributed by atoms with Crippen LogP contribution in [0.3, 0.4) is 0 Å². The van der Waals surface area contributed by atoms with Gasteiger partial charge in [-0.05, 0) is 40.8 Å². The molecule has 192 valence electrons. The molecule has 5 aromatic carbocycles. The number of para-hydroxylation sites is 1. The summed E-state index contributed by atoms with van der Waals surface area (Å²) >= 11 is 0. The first kappa shape index (κ1) is 23.2. The fourth-order valence-electron chi connectivity index (χ4n) is 5.36. The lowest BCUT2D eigenvalue weighted by atomic mass is 10.0. The normalized spacial score (nSPS) is 11.4. The van der Waals surface area contributed by atoms with Crippen molar-refractivity contribution in [2.75, 3.05) is 0 Å². The fourth-order valence-corrected chi connectivity index (χ4v) is 5.36. The molecule has 0 amide bonds. The predicted octanol–water partition coefficient (Wildman–Crippen LogP) is 8.99. The molecule has 0 N–H and O–H groups in total. The maximum atomic E-state index is 6.15. The first-order valence-corrected chi connectivity index (χ1v) is 13.5. The van der Waals surface area contributed by atoms with E-state index in [1.807, 2.05) is 85.1 Å². The number of hydrogen-bond acceptors (Lipinski definition) is 5. The van der Waals surface area contributed by atoms with Gasteiger partial charge in [-0.1, -0.05) is 103 Å². The number of furan rings is 1. The molecular weight excluding hydrogens is 504 g/mol. The molecule has 0 bridgehead atoms. The van der Waals surface area contributed by atoms with Crippen molar-refractivity contribution in [3.05, 3.63) is 134 Å². The summed E-state index contributed by atoms with van der Waals surface area (Å²) < 4.78 is 6.15. The third-order valence-corrected chi connectivity index (χ3v) is 7.37. The van der Waals surface area contributed by atoms with Crippen LogP contribution in [0.4, 0.5) is 0 Å². The Labute approximate surface area is 235 Å². The smallest absolute Gasteiger partial charge is 0.182 e. The van der Waals surface area contributed by atoms with Crippen LogP contribution in [-0.4, -0.2) is 19.9 Å². The van der Waals surface area contributed by atoms with Gasteiger partial charge >= 0.3 is 0 Å². The van der Waals surface area contributed by atoms with E-state index >= 15 is 0 Å². The monoisotopic (exact) mass is 526 g/mol. The van der Waals surface area contributed by atoms with Gasteiger partial charge in [-0.3, -0.25) is 4.98 Å². The molecule has 8 aromatic rings. The van der Waals surface area contributed by atoms with Gasteiger partial charge in [0.2, 0.25) is 0 Å². The minimum absolute atomic E-state index is 0.521. The molecule has 0 aliphatic carbocycles. The Bertz CT molecular complexity index is 2210. The summed E-state index contributed by atoms with van der Waals surface area (Å²) in [5.74, 6) is 1.69. The molecule has 0 unspecified atom stereocenters. The van der Waals surface area contributed by atoms with Crippen LogP contribution in [0, 0.1) is 0 Å². The predicted molar refractivity (Wildman–Crippen MR) is 164 cm³/mol. The van der Waals surface area contributed by atoms with Crippen molar-refractivity contribution < 1.29 is 4.42 Å². The molecule has 0 radical (unpaired) electrons. The van der Waals surface area contributed by atoms with E-state index in [0.717, 1.165) is 49.4 Å². The molecule has 0 saturated heterocycles. The fraction of sp³-hybridized carbons (Fsp3) is 0. The number of aromatic nitrogens is 4. The van der Waals surface area contributed by atoms with Crippen LogP contribution in [0.5, 0.6) is 0 Å². The summed E-state index contributed by atoms with van der Waals surface area (Å²) in [4.78, 5) is 19.6. The molecule has 3 heterocycles. The highest BCUT2D eigenvalue weighted by Crippen LogP contribution is 2.36. The molecule has 0 saturated carbocycles. The van der Waals surface area contributed by atoms with Gasteiger partial charge in [0.1, 0.15) is 16.9 Å². The van der Waals surface area contributed by atoms with Gasteiger partial charge in [0.25, 0.3) is 0 Å². The lowest BCUT2D eigenvalue weighted by molar-refractivity contribution is 0.669. The Morgan fingerprint density at radius 3 is 2.02 bits per heavy atom. The van der Waals surface area contributed by atoms with E-state index < -0.39 is 0 Å². The van der Waals surface area contributed by atoms with Crippen molar-refractivity contribution in [3.63, 3.8) is 0 Å². The maximum absolute atomic E-state index is 6.15. The summed E-state index contributed by atoms with van der Waals surface area (Å²) in [5, 5.41) is 4.14. The van der Waals surface area contributed by atoms with Gasteiger partial charge in [-0.15, -0.1) is 0 Å². The number of nitrogens with zero attached hydrogens (tertiary/aromatic N) is 4. The summed E-state index contributed by atoms with van der Waals surface area (Å²) in [6.07, 6.45) is 1.90. The molecule has 3 aromatic heterocycles. The van der Waals surface area contributed by atoms with Gasteiger partial charge < -0.3 is 4.42 Å². The van der Waals surface area contributed by atoms with Gasteiger partial charge in [-0.25, -0.2) is 15.0 Å². The topological polar surface area (TPSA) is 64.7 Å². The standard InChI is InChI=1S/C36H22N4O/c1-3-10-23(11-4-1)25-18-19-26-21-30(37-22-27(26)20-25)36-39-34(24-12-5-2-6-13-24)38-35(40-36)29-15-9-17-32-33(29)28-14-7-8-16-31(28)41-32/h1-22H. The summed E-state index contributed by atoms with van der Waals surface area (Å²) in [7, 11) is 0. The molecule has 0 atom stereocenters. The molecule has 41 heavy (non-hydrogen) atoms. The summed E-state index contributed by atoms with van der Waals surface area (Å²) in [5.41, 5.74) is 6.45. The number of hydrogen-bond donors (Lipinski definition) is 0. The van der Waals surface area contributed by atoms with Crippen LogP contribution in [-0.2, 0) is 0 Å². The molecular formula is C36H22N4O. The number of rotatable bonds is 4. The minimum atomic E-state index is 0.521. The third-order valence-electron chi connectivity index (χ3n) is 7.37. The van der Waals surface area contributed by atoms with Crippen LogP contribution in [0.15, 0.2) is 138 Å². The van der Waals surface area contributed by atoms with Crippen LogP contribution in [0.2, 0.25) is 0 Å². The van der Waals surface area contributed by atoms with Crippen molar-refractivity contribution >= 4 is 32.7 Å². The van der Waals surface area contributed by atoms with Crippen molar-refractivity contribution in [2.24, 2.45) is 0 Å². The Hall–Kier alpha value is -5.68. The Morgan fingerprint density at radius 2 is 1.17 bits per heavy atom. The minimum Gasteiger partial charge on any atom is -0.456 e. The van der Waals surface area contributed by atoms with E-state index in [1.165, 1.54) is 5.56 Å². The largest absolute Gasteiger partial charge is 0.456 e. The van der Waals surface area contributed by atoms with Crippen molar-refractivity contribution in [2.45, 2.75) is 0 Å². The second-order valence-corrected chi connectivity index (χ2v) is 9.95. The van der Waals surface area contributed by atoms with Crippen LogP contribution in [0.1, 0.15) is 0 Å². The molecule has 0 aliphatic rings. The molecule has 0 spiro atoms. The highest BCUT2D eigenvalue weighted by molar-refractivity contribution is 6.11. The van der Waals surface area contributed by atoms with Crippen LogP contribution in [0.25, 0.3) is 78.1 Å². The van der Waals surface area contributed by atoms with Gasteiger partial charge in [0.05, 0.1) is 0 Å². The van der Waals surface area contributed by atoms with Crippen LogP contribution >= 0.6 is 0 Å². The first-order chi connectivity index (χ1) is 20.3. The lowest BCUT2D eigenvalue weighted by Crippen LogP contribution is -2.01. The zero-order valence-corrected chi connectivity index (χ0v) is 21.9. The number of benzene rings is 5. The van der Waals surface area contributed by atoms with Gasteiger partial charge in [0.15, 0.2) is 17.5 Å². The maximum Gasteiger partial charge on any atom is 0.182 e. The van der Waals surface area contributed by atoms with E-state index in [-0.39, 0.29) is 0 Å². The first-order valence-electron chi connectivity index (χ1n) is 13.5. The van der Waals surface area contributed by atoms with Gasteiger partial charge in [0, 0.05) is 33.5 Å². The Kier molecular flexibility index (Phi) is 5.38. The molecule has 8 rings (SSSR count). The lowest BCUT2D eigenvalue weighted by Gasteiger charge is -2.10. The van der Waals surface area contributed by atoms with Gasteiger partial charge in [-0.2, -0.15) is 0 Å². The van der Waals surface area contributed by atoms with Crippen molar-refractivity contribution in [3.8, 4) is 45.4 Å². The Balaban J connectivity index is 1.31. The third kappa shape index (κ3) is 4.12. The van der Waals surface area contributed by atoms with E-state index in [1.54, 1.807) is 0 Å². The average Bonchev–Trinajstić information content (AvgIpc) is 3.44. The summed E-state index contributed by atoms with van der Waals surface area (Å²) in [6, 6.07) is 42.9. The highest BCUT2D eigenvalue weighted by atomic mass is 16.3. The van der Waals surface area contributed by atoms with E-state index in [2.05, 4.69) is 48.5 Å². The highest BCUT2D eigenvalue weighted by Gasteiger charge is 2.18. The number of fused-ring (bicyclic) bond motifs is 4. The summed E-state index contributed by atoms with van der Waals surface area (Å²) in [6.45, 7) is 0. The van der Waals surface area contributed by atoms with Crippen molar-refractivity contribution in [1.82, 2.24) is 19.9 Å². The second kappa shape index (κ2) is 9.50. The molecule has 5 heteroatoms. The average molecular weight is 527 g/mol. The van der Waals surface area contributed by atoms with Crippen molar-refractivity contribution in [1.29, 1.82) is 0 Å². The van der Waals surface area contributed by atoms with E-state index in [0.29, 0.717) is 23.2 Å². The number of pyridine rings is 1. The van der Waals surface area contributed by atoms with E-state index in [4.69, 9.17) is 24.4 Å². The molecule has 0 aliphatic heterocycles. The molecule has 5 nitrogen and oxygen atoms in total. The Morgan fingerprint density at radius 1 is 0.463 bits per heavy atom. The molecule has 0 fully saturated rings. The zero-order chi connectivity index (χ0) is 27.2. The zero-order valence-electron chi connectivity index (χ0n) is 21.9.